The first-order valence-corrected chi connectivity index (χ1v) is 6.50. The van der Waals surface area contributed by atoms with Gasteiger partial charge < -0.3 is 9.84 Å². The van der Waals surface area contributed by atoms with E-state index in [-0.39, 0.29) is 5.56 Å². The highest BCUT2D eigenvalue weighted by Gasteiger charge is 2.14. The van der Waals surface area contributed by atoms with E-state index in [2.05, 4.69) is 4.98 Å². The lowest BCUT2D eigenvalue weighted by molar-refractivity contribution is 0.0694. The van der Waals surface area contributed by atoms with Crippen molar-refractivity contribution in [1.82, 2.24) is 4.98 Å². The number of fused-ring (bicyclic) bond motifs is 1. The molecule has 1 aromatic heterocycles. The summed E-state index contributed by atoms with van der Waals surface area (Å²) in [6, 6.07) is 14.5. The molecule has 4 nitrogen and oxygen atoms in total. The van der Waals surface area contributed by atoms with Crippen LogP contribution in [-0.4, -0.2) is 16.1 Å². The third-order valence-electron chi connectivity index (χ3n) is 3.18. The van der Waals surface area contributed by atoms with E-state index in [1.165, 1.54) is 0 Å². The number of aromatic carboxylic acids is 1. The zero-order chi connectivity index (χ0) is 14.8. The maximum atomic E-state index is 11.4. The van der Waals surface area contributed by atoms with Gasteiger partial charge in [0.15, 0.2) is 0 Å². The number of nitrogens with zero attached hydrogens (tertiary/aromatic N) is 1. The Morgan fingerprint density at radius 3 is 2.48 bits per heavy atom. The number of benzene rings is 2. The molecule has 0 spiro atoms. The Balaban J connectivity index is 2.11. The van der Waals surface area contributed by atoms with Crippen LogP contribution in [0.3, 0.4) is 0 Å². The normalized spacial score (nSPS) is 10.5. The number of carboxylic acid groups (broad SMARTS) is 1. The summed E-state index contributed by atoms with van der Waals surface area (Å²) in [6.07, 6.45) is 1.63. The van der Waals surface area contributed by atoms with Crippen LogP contribution in [0.15, 0.2) is 54.7 Å². The number of carboxylic acids is 1. The van der Waals surface area contributed by atoms with Crippen molar-refractivity contribution >= 4 is 16.7 Å². The third-order valence-corrected chi connectivity index (χ3v) is 3.18. The van der Waals surface area contributed by atoms with Gasteiger partial charge in [-0.3, -0.25) is 0 Å². The molecule has 0 aliphatic carbocycles. The van der Waals surface area contributed by atoms with E-state index in [1.54, 1.807) is 24.4 Å². The number of rotatable bonds is 3. The lowest BCUT2D eigenvalue weighted by Crippen LogP contribution is -2.01. The van der Waals surface area contributed by atoms with Gasteiger partial charge in [-0.2, -0.15) is 0 Å². The fraction of sp³-hybridized carbons (Fsp3) is 0.0588. The number of carbonyl (C=O) groups is 1. The Kier molecular flexibility index (Phi) is 3.28. The average molecular weight is 279 g/mol. The first-order valence-electron chi connectivity index (χ1n) is 6.50. The molecule has 0 saturated heterocycles. The molecular formula is C17H13NO3. The van der Waals surface area contributed by atoms with Crippen LogP contribution < -0.4 is 4.74 Å². The molecule has 0 saturated carbocycles. The zero-order valence-corrected chi connectivity index (χ0v) is 11.4. The average Bonchev–Trinajstić information content (AvgIpc) is 2.46. The molecule has 1 heterocycles. The van der Waals surface area contributed by atoms with E-state index in [0.29, 0.717) is 11.6 Å². The molecule has 21 heavy (non-hydrogen) atoms. The van der Waals surface area contributed by atoms with Gasteiger partial charge in [0.1, 0.15) is 11.3 Å². The van der Waals surface area contributed by atoms with E-state index < -0.39 is 5.97 Å². The summed E-state index contributed by atoms with van der Waals surface area (Å²) in [7, 11) is 0. The molecule has 4 heteroatoms. The van der Waals surface area contributed by atoms with Crippen molar-refractivity contribution in [2.24, 2.45) is 0 Å². The van der Waals surface area contributed by atoms with Crippen LogP contribution in [0.4, 0.5) is 0 Å². The predicted octanol–water partition coefficient (Wildman–Crippen LogP) is 4.03. The molecule has 0 aliphatic heterocycles. The van der Waals surface area contributed by atoms with Crippen molar-refractivity contribution in [2.75, 3.05) is 0 Å². The number of hydrogen-bond acceptors (Lipinski definition) is 3. The zero-order valence-electron chi connectivity index (χ0n) is 11.4. The Labute approximate surface area is 121 Å². The van der Waals surface area contributed by atoms with Gasteiger partial charge in [0.2, 0.25) is 5.88 Å². The van der Waals surface area contributed by atoms with E-state index in [0.717, 1.165) is 16.3 Å². The van der Waals surface area contributed by atoms with Gasteiger partial charge in [-0.1, -0.05) is 24.3 Å². The predicted molar refractivity (Wildman–Crippen MR) is 80.0 cm³/mol. The van der Waals surface area contributed by atoms with Crippen molar-refractivity contribution in [1.29, 1.82) is 0 Å². The van der Waals surface area contributed by atoms with Crippen LogP contribution in [-0.2, 0) is 0 Å². The Hall–Kier alpha value is -2.88. The van der Waals surface area contributed by atoms with E-state index >= 15 is 0 Å². The van der Waals surface area contributed by atoms with Crippen molar-refractivity contribution in [3.05, 3.63) is 65.9 Å². The van der Waals surface area contributed by atoms with Crippen LogP contribution >= 0.6 is 0 Å². The maximum Gasteiger partial charge on any atom is 0.339 e. The lowest BCUT2D eigenvalue weighted by atomic mass is 10.1. The van der Waals surface area contributed by atoms with Crippen LogP contribution in [0.2, 0.25) is 0 Å². The molecule has 3 aromatic rings. The number of ether oxygens (including phenoxy) is 1. The van der Waals surface area contributed by atoms with Gasteiger partial charge in [-0.15, -0.1) is 0 Å². The number of pyridine rings is 1. The highest BCUT2D eigenvalue weighted by Crippen LogP contribution is 2.29. The summed E-state index contributed by atoms with van der Waals surface area (Å²) in [5.74, 6) is -0.351. The molecule has 1 N–H and O–H groups in total. The molecule has 0 atom stereocenters. The van der Waals surface area contributed by atoms with Crippen LogP contribution in [0.5, 0.6) is 11.6 Å². The van der Waals surface area contributed by atoms with E-state index in [9.17, 15) is 9.90 Å². The van der Waals surface area contributed by atoms with E-state index in [4.69, 9.17) is 4.74 Å². The molecular weight excluding hydrogens is 266 g/mol. The van der Waals surface area contributed by atoms with Gasteiger partial charge in [-0.05, 0) is 41.5 Å². The summed E-state index contributed by atoms with van der Waals surface area (Å²) in [6.45, 7) is 1.92. The molecule has 0 radical (unpaired) electrons. The molecule has 3 rings (SSSR count). The molecule has 2 aromatic carbocycles. The lowest BCUT2D eigenvalue weighted by Gasteiger charge is -2.10. The van der Waals surface area contributed by atoms with Crippen LogP contribution in [0.25, 0.3) is 10.8 Å². The second kappa shape index (κ2) is 5.25. The quantitative estimate of drug-likeness (QED) is 0.786. The standard InChI is InChI=1S/C17H13NO3/c1-11-6-7-18-16(8-11)21-15-10-13-5-3-2-4-12(13)9-14(15)17(19)20/h2-10H,1H3,(H,19,20). The SMILES string of the molecule is Cc1ccnc(Oc2cc3ccccc3cc2C(=O)O)c1. The minimum absolute atomic E-state index is 0.122. The number of aryl methyl sites for hydroxylation is 1. The van der Waals surface area contributed by atoms with Crippen LogP contribution in [0.1, 0.15) is 15.9 Å². The highest BCUT2D eigenvalue weighted by molar-refractivity contribution is 5.97. The first kappa shape index (κ1) is 13.1. The Bertz CT molecular complexity index is 827. The molecule has 0 aliphatic rings. The summed E-state index contributed by atoms with van der Waals surface area (Å²) < 4.78 is 5.67. The highest BCUT2D eigenvalue weighted by atomic mass is 16.5. The summed E-state index contributed by atoms with van der Waals surface area (Å²) >= 11 is 0. The Morgan fingerprint density at radius 1 is 1.10 bits per heavy atom. The van der Waals surface area contributed by atoms with Crippen molar-refractivity contribution < 1.29 is 14.6 Å². The molecule has 104 valence electrons. The van der Waals surface area contributed by atoms with Gasteiger partial charge in [-0.25, -0.2) is 9.78 Å². The minimum Gasteiger partial charge on any atom is -0.478 e. The fourth-order valence-electron chi connectivity index (χ4n) is 2.15. The molecule has 0 bridgehead atoms. The number of aromatic nitrogens is 1. The molecule has 0 unspecified atom stereocenters. The Morgan fingerprint density at radius 2 is 1.81 bits per heavy atom. The summed E-state index contributed by atoms with van der Waals surface area (Å²) in [5, 5.41) is 11.1. The molecule has 0 amide bonds. The van der Waals surface area contributed by atoms with Crippen LogP contribution in [0, 0.1) is 6.92 Å². The second-order valence-corrected chi connectivity index (χ2v) is 4.77. The fourth-order valence-corrected chi connectivity index (χ4v) is 2.15. The van der Waals surface area contributed by atoms with E-state index in [1.807, 2.05) is 37.3 Å². The second-order valence-electron chi connectivity index (χ2n) is 4.77. The largest absolute Gasteiger partial charge is 0.478 e. The summed E-state index contributed by atoms with van der Waals surface area (Å²) in [5.41, 5.74) is 1.12. The maximum absolute atomic E-state index is 11.4. The minimum atomic E-state index is -1.02. The number of hydrogen-bond donors (Lipinski definition) is 1. The van der Waals surface area contributed by atoms with Crippen molar-refractivity contribution in [3.63, 3.8) is 0 Å². The van der Waals surface area contributed by atoms with Gasteiger partial charge in [0.25, 0.3) is 0 Å². The first-order chi connectivity index (χ1) is 10.1. The van der Waals surface area contributed by atoms with Crippen molar-refractivity contribution in [3.8, 4) is 11.6 Å². The topological polar surface area (TPSA) is 59.4 Å². The monoisotopic (exact) mass is 279 g/mol. The third kappa shape index (κ3) is 2.69. The summed E-state index contributed by atoms with van der Waals surface area (Å²) in [4.78, 5) is 15.5. The smallest absolute Gasteiger partial charge is 0.339 e. The van der Waals surface area contributed by atoms with Gasteiger partial charge in [0, 0.05) is 12.3 Å². The molecule has 0 fully saturated rings. The van der Waals surface area contributed by atoms with Gasteiger partial charge >= 0.3 is 5.97 Å². The van der Waals surface area contributed by atoms with Gasteiger partial charge in [0.05, 0.1) is 0 Å². The van der Waals surface area contributed by atoms with Crippen molar-refractivity contribution in [2.45, 2.75) is 6.92 Å².